The number of anilines is 2. The summed E-state index contributed by atoms with van der Waals surface area (Å²) in [5.41, 5.74) is 6.81. The molecule has 1 saturated heterocycles. The topological polar surface area (TPSA) is 139 Å². The largest absolute Gasteiger partial charge is 0.476 e. The number of aromatic carboxylic acids is 1. The van der Waals surface area contributed by atoms with Gasteiger partial charge in [-0.3, -0.25) is 4.72 Å². The van der Waals surface area contributed by atoms with Crippen LogP contribution >= 0.6 is 11.3 Å². The molecule has 2 aromatic rings. The first kappa shape index (κ1) is 17.6. The summed E-state index contributed by atoms with van der Waals surface area (Å²) >= 11 is 0.903. The van der Waals surface area contributed by atoms with Crippen molar-refractivity contribution in [2.45, 2.75) is 23.8 Å². The summed E-state index contributed by atoms with van der Waals surface area (Å²) in [5.74, 6) is -0.606. The monoisotopic (exact) mass is 383 g/mol. The molecule has 25 heavy (non-hydrogen) atoms. The van der Waals surface area contributed by atoms with Crippen molar-refractivity contribution < 1.29 is 18.3 Å². The molecule has 2 aromatic heterocycles. The van der Waals surface area contributed by atoms with E-state index in [4.69, 9.17) is 10.8 Å². The molecule has 4 N–H and O–H groups in total. The fourth-order valence-corrected chi connectivity index (χ4v) is 4.43. The van der Waals surface area contributed by atoms with E-state index >= 15 is 0 Å². The Balaban J connectivity index is 1.76. The Morgan fingerprint density at radius 2 is 2.04 bits per heavy atom. The van der Waals surface area contributed by atoms with Gasteiger partial charge in [-0.1, -0.05) is 0 Å². The summed E-state index contributed by atoms with van der Waals surface area (Å²) in [6, 6.07) is 3.28. The summed E-state index contributed by atoms with van der Waals surface area (Å²) in [4.78, 5) is 20.9. The van der Waals surface area contributed by atoms with Crippen molar-refractivity contribution in [3.63, 3.8) is 0 Å². The highest BCUT2D eigenvalue weighted by Gasteiger charge is 2.22. The highest BCUT2D eigenvalue weighted by molar-refractivity contribution is 7.93. The predicted molar refractivity (Wildman–Crippen MR) is 93.5 cm³/mol. The van der Waals surface area contributed by atoms with Crippen LogP contribution in [0.4, 0.5) is 10.8 Å². The van der Waals surface area contributed by atoms with Crippen molar-refractivity contribution >= 4 is 38.1 Å². The zero-order valence-electron chi connectivity index (χ0n) is 13.1. The van der Waals surface area contributed by atoms with E-state index in [1.165, 1.54) is 17.8 Å². The van der Waals surface area contributed by atoms with Crippen molar-refractivity contribution in [1.82, 2.24) is 9.97 Å². The number of hydrogen-bond acceptors (Lipinski definition) is 8. The van der Waals surface area contributed by atoms with E-state index < -0.39 is 16.0 Å². The second-order valence-corrected chi connectivity index (χ2v) is 8.15. The number of nitrogens with zero attached hydrogens (tertiary/aromatic N) is 3. The molecular formula is C14H17N5O4S2. The molecule has 0 atom stereocenters. The van der Waals surface area contributed by atoms with Gasteiger partial charge < -0.3 is 15.7 Å². The number of thiazole rings is 1. The number of rotatable bonds is 5. The first-order valence-electron chi connectivity index (χ1n) is 7.53. The Hall–Kier alpha value is -2.24. The van der Waals surface area contributed by atoms with Crippen LogP contribution in [0.1, 0.15) is 23.3 Å². The maximum Gasteiger partial charge on any atom is 0.357 e. The van der Waals surface area contributed by atoms with Crippen LogP contribution in [0, 0.1) is 0 Å². The number of hydrogen-bond donors (Lipinski definition) is 3. The van der Waals surface area contributed by atoms with Gasteiger partial charge in [0.15, 0.2) is 5.69 Å². The molecule has 0 bridgehead atoms. The number of carboxylic acid groups (broad SMARTS) is 1. The number of sulfonamides is 1. The minimum Gasteiger partial charge on any atom is -0.476 e. The molecule has 3 rings (SSSR count). The lowest BCUT2D eigenvalue weighted by molar-refractivity contribution is 0.0692. The van der Waals surface area contributed by atoms with Crippen LogP contribution in [-0.2, 0) is 10.0 Å². The second-order valence-electron chi connectivity index (χ2n) is 5.62. The summed E-state index contributed by atoms with van der Waals surface area (Å²) < 4.78 is 27.1. The van der Waals surface area contributed by atoms with Gasteiger partial charge in [-0.25, -0.2) is 23.2 Å². The Morgan fingerprint density at radius 3 is 2.64 bits per heavy atom. The maximum atomic E-state index is 12.4. The molecule has 1 aliphatic heterocycles. The van der Waals surface area contributed by atoms with Gasteiger partial charge in [0.2, 0.25) is 0 Å². The number of pyridine rings is 1. The Kier molecular flexibility index (Phi) is 4.88. The summed E-state index contributed by atoms with van der Waals surface area (Å²) in [6.45, 7) is 1.56. The van der Waals surface area contributed by atoms with Crippen LogP contribution in [0.3, 0.4) is 0 Å². The molecule has 1 fully saturated rings. The number of aromatic nitrogens is 2. The van der Waals surface area contributed by atoms with Gasteiger partial charge in [-0.15, -0.1) is 11.3 Å². The molecular weight excluding hydrogens is 366 g/mol. The lowest BCUT2D eigenvalue weighted by atomic mass is 10.1. The van der Waals surface area contributed by atoms with Gasteiger partial charge in [0.05, 0.1) is 5.51 Å². The third kappa shape index (κ3) is 3.89. The van der Waals surface area contributed by atoms with Crippen LogP contribution in [0.5, 0.6) is 0 Å². The summed E-state index contributed by atoms with van der Waals surface area (Å²) in [5, 5.41) is 8.96. The first-order valence-corrected chi connectivity index (χ1v) is 9.89. The van der Waals surface area contributed by atoms with Gasteiger partial charge in [-0.05, 0) is 25.0 Å². The molecule has 11 heteroatoms. The molecule has 0 aliphatic carbocycles. The van der Waals surface area contributed by atoms with Gasteiger partial charge in [0, 0.05) is 25.3 Å². The van der Waals surface area contributed by atoms with Crippen LogP contribution in [0.2, 0.25) is 0 Å². The molecule has 3 heterocycles. The average Bonchev–Trinajstić information content (AvgIpc) is 3.03. The van der Waals surface area contributed by atoms with Crippen molar-refractivity contribution in [2.24, 2.45) is 5.73 Å². The fraction of sp³-hybridized carbons (Fsp3) is 0.357. The van der Waals surface area contributed by atoms with E-state index in [0.29, 0.717) is 5.82 Å². The number of nitrogens with two attached hydrogens (primary N) is 1. The number of carboxylic acids is 1. The van der Waals surface area contributed by atoms with Gasteiger partial charge in [-0.2, -0.15) is 0 Å². The van der Waals surface area contributed by atoms with Crippen molar-refractivity contribution in [1.29, 1.82) is 0 Å². The smallest absolute Gasteiger partial charge is 0.357 e. The molecule has 0 radical (unpaired) electrons. The van der Waals surface area contributed by atoms with Crippen molar-refractivity contribution in [3.05, 3.63) is 29.5 Å². The Morgan fingerprint density at radius 1 is 1.32 bits per heavy atom. The summed E-state index contributed by atoms with van der Waals surface area (Å²) in [7, 11) is -3.94. The Bertz CT molecular complexity index is 858. The zero-order valence-corrected chi connectivity index (χ0v) is 14.8. The van der Waals surface area contributed by atoms with Crippen LogP contribution < -0.4 is 15.4 Å². The van der Waals surface area contributed by atoms with Gasteiger partial charge in [0.25, 0.3) is 10.0 Å². The van der Waals surface area contributed by atoms with E-state index in [1.807, 2.05) is 0 Å². The average molecular weight is 383 g/mol. The molecule has 0 unspecified atom stereocenters. The third-order valence-electron chi connectivity index (χ3n) is 3.89. The quantitative estimate of drug-likeness (QED) is 0.694. The standard InChI is InChI=1S/C14H17N5O4S2/c15-9-3-5-19(6-4-9)11-2-1-10(7-16-11)25(22,23)18-13-12(14(20)21)17-8-24-13/h1-2,7-9,18H,3-6,15H2,(H,20,21). The minimum absolute atomic E-state index is 0.0402. The van der Waals surface area contributed by atoms with E-state index in [1.54, 1.807) is 6.07 Å². The highest BCUT2D eigenvalue weighted by Crippen LogP contribution is 2.25. The van der Waals surface area contributed by atoms with E-state index in [2.05, 4.69) is 19.6 Å². The lowest BCUT2D eigenvalue weighted by Gasteiger charge is -2.31. The molecule has 0 spiro atoms. The van der Waals surface area contributed by atoms with Crippen LogP contribution in [0.15, 0.2) is 28.7 Å². The number of nitrogens with one attached hydrogen (secondary N) is 1. The molecule has 0 saturated carbocycles. The third-order valence-corrected chi connectivity index (χ3v) is 6.10. The number of carbonyl (C=O) groups is 1. The van der Waals surface area contributed by atoms with Crippen molar-refractivity contribution in [3.8, 4) is 0 Å². The molecule has 9 nitrogen and oxygen atoms in total. The summed E-state index contributed by atoms with van der Waals surface area (Å²) in [6.07, 6.45) is 2.99. The van der Waals surface area contributed by atoms with Crippen LogP contribution in [-0.4, -0.2) is 48.6 Å². The highest BCUT2D eigenvalue weighted by atomic mass is 32.2. The van der Waals surface area contributed by atoms with E-state index in [-0.39, 0.29) is 21.6 Å². The normalized spacial score (nSPS) is 16.0. The van der Waals surface area contributed by atoms with Crippen molar-refractivity contribution in [2.75, 3.05) is 22.7 Å². The lowest BCUT2D eigenvalue weighted by Crippen LogP contribution is -2.40. The van der Waals surface area contributed by atoms with E-state index in [9.17, 15) is 13.2 Å². The fourth-order valence-electron chi connectivity index (χ4n) is 2.50. The second kappa shape index (κ2) is 6.94. The predicted octanol–water partition coefficient (Wildman–Crippen LogP) is 0.965. The van der Waals surface area contributed by atoms with Gasteiger partial charge in [0.1, 0.15) is 15.7 Å². The molecule has 134 valence electrons. The van der Waals surface area contributed by atoms with Crippen LogP contribution in [0.25, 0.3) is 0 Å². The SMILES string of the molecule is NC1CCN(c2ccc(S(=O)(=O)Nc3scnc3C(=O)O)cn2)CC1. The van der Waals surface area contributed by atoms with E-state index in [0.717, 1.165) is 37.3 Å². The molecule has 1 aliphatic rings. The zero-order chi connectivity index (χ0) is 18.0. The number of piperidine rings is 1. The maximum absolute atomic E-state index is 12.4. The minimum atomic E-state index is -3.94. The molecule has 0 aromatic carbocycles. The molecule has 0 amide bonds. The van der Waals surface area contributed by atoms with Gasteiger partial charge >= 0.3 is 5.97 Å². The first-order chi connectivity index (χ1) is 11.9. The Labute approximate surface area is 148 Å².